The predicted molar refractivity (Wildman–Crippen MR) is 109 cm³/mol. The molecule has 0 radical (unpaired) electrons. The Balaban J connectivity index is 1.51. The lowest BCUT2D eigenvalue weighted by atomic mass is 10.1. The molecule has 0 bridgehead atoms. The summed E-state index contributed by atoms with van der Waals surface area (Å²) in [6.07, 6.45) is 0. The Morgan fingerprint density at radius 3 is 2.04 bits per heavy atom. The van der Waals surface area contributed by atoms with Crippen molar-refractivity contribution in [2.75, 3.05) is 5.32 Å². The van der Waals surface area contributed by atoms with Gasteiger partial charge in [0.1, 0.15) is 0 Å². The maximum absolute atomic E-state index is 12.4. The molecule has 3 aromatic carbocycles. The fourth-order valence-corrected chi connectivity index (χ4v) is 2.86. The average Bonchev–Trinajstić information content (AvgIpc) is 3.20. The molecule has 28 heavy (non-hydrogen) atoms. The zero-order chi connectivity index (χ0) is 19.5. The molecule has 1 amide bonds. The van der Waals surface area contributed by atoms with Crippen molar-refractivity contribution in [2.45, 2.75) is 6.92 Å². The van der Waals surface area contributed by atoms with Gasteiger partial charge in [0.2, 0.25) is 11.8 Å². The van der Waals surface area contributed by atoms with E-state index in [1.165, 1.54) is 0 Å². The maximum Gasteiger partial charge on any atom is 0.255 e. The highest BCUT2D eigenvalue weighted by atomic mass is 35.5. The second kappa shape index (κ2) is 7.66. The number of carbonyl (C=O) groups is 1. The number of para-hydroxylation sites is 1. The van der Waals surface area contributed by atoms with Crippen LogP contribution in [-0.2, 0) is 0 Å². The second-order valence-corrected chi connectivity index (χ2v) is 6.70. The van der Waals surface area contributed by atoms with Gasteiger partial charge in [-0.2, -0.15) is 0 Å². The van der Waals surface area contributed by atoms with Gasteiger partial charge in [-0.1, -0.05) is 41.4 Å². The van der Waals surface area contributed by atoms with Crippen molar-refractivity contribution < 1.29 is 9.21 Å². The molecule has 0 atom stereocenters. The van der Waals surface area contributed by atoms with Gasteiger partial charge in [-0.15, -0.1) is 10.2 Å². The Hall–Kier alpha value is -3.44. The minimum absolute atomic E-state index is 0.245. The summed E-state index contributed by atoms with van der Waals surface area (Å²) in [6.45, 7) is 2.02. The topological polar surface area (TPSA) is 68.0 Å². The average molecular weight is 390 g/mol. The van der Waals surface area contributed by atoms with Crippen molar-refractivity contribution in [3.8, 4) is 22.9 Å². The van der Waals surface area contributed by atoms with Gasteiger partial charge in [0.25, 0.3) is 5.91 Å². The van der Waals surface area contributed by atoms with Gasteiger partial charge in [-0.25, -0.2) is 0 Å². The number of hydrogen-bond donors (Lipinski definition) is 1. The standard InChI is InChI=1S/C22H16ClN3O2/c1-14-6-8-16(9-7-14)21-25-26-22(28-21)17-12-10-15(11-13-17)20(27)24-19-5-3-2-4-18(19)23/h2-13H,1H3,(H,24,27). The molecule has 4 aromatic rings. The van der Waals surface area contributed by atoms with Crippen molar-refractivity contribution in [3.05, 3.63) is 88.9 Å². The SMILES string of the molecule is Cc1ccc(-c2nnc(-c3ccc(C(=O)Nc4ccccc4Cl)cc3)o2)cc1. The van der Waals surface area contributed by atoms with Crippen molar-refractivity contribution in [2.24, 2.45) is 0 Å². The molecule has 0 saturated heterocycles. The van der Waals surface area contributed by atoms with E-state index in [-0.39, 0.29) is 5.91 Å². The van der Waals surface area contributed by atoms with Gasteiger partial charge in [0.15, 0.2) is 0 Å². The lowest BCUT2D eigenvalue weighted by Crippen LogP contribution is -2.11. The summed E-state index contributed by atoms with van der Waals surface area (Å²) in [4.78, 5) is 12.4. The van der Waals surface area contributed by atoms with Crippen LogP contribution < -0.4 is 5.32 Å². The fraction of sp³-hybridized carbons (Fsp3) is 0.0455. The summed E-state index contributed by atoms with van der Waals surface area (Å²) in [5, 5.41) is 11.5. The zero-order valence-electron chi connectivity index (χ0n) is 15.0. The Morgan fingerprint density at radius 1 is 0.857 bits per heavy atom. The summed E-state index contributed by atoms with van der Waals surface area (Å²) in [5.41, 5.74) is 3.83. The quantitative estimate of drug-likeness (QED) is 0.492. The number of rotatable bonds is 4. The van der Waals surface area contributed by atoms with Crippen molar-refractivity contribution in [1.82, 2.24) is 10.2 Å². The van der Waals surface area contributed by atoms with Crippen LogP contribution in [0.15, 0.2) is 77.2 Å². The van der Waals surface area contributed by atoms with Crippen LogP contribution in [0, 0.1) is 6.92 Å². The highest BCUT2D eigenvalue weighted by molar-refractivity contribution is 6.33. The van der Waals surface area contributed by atoms with Crippen LogP contribution in [0.2, 0.25) is 5.02 Å². The molecule has 0 fully saturated rings. The molecular weight excluding hydrogens is 374 g/mol. The monoisotopic (exact) mass is 389 g/mol. The molecular formula is C22H16ClN3O2. The number of carbonyl (C=O) groups excluding carboxylic acids is 1. The molecule has 0 aliphatic heterocycles. The first-order valence-electron chi connectivity index (χ1n) is 8.67. The second-order valence-electron chi connectivity index (χ2n) is 6.29. The highest BCUT2D eigenvalue weighted by Gasteiger charge is 2.12. The number of halogens is 1. The molecule has 6 heteroatoms. The number of hydrogen-bond acceptors (Lipinski definition) is 4. The number of amides is 1. The van der Waals surface area contributed by atoms with Crippen molar-refractivity contribution in [1.29, 1.82) is 0 Å². The van der Waals surface area contributed by atoms with Gasteiger partial charge < -0.3 is 9.73 Å². The summed E-state index contributed by atoms with van der Waals surface area (Å²) in [7, 11) is 0. The number of nitrogens with zero attached hydrogens (tertiary/aromatic N) is 2. The first-order chi connectivity index (χ1) is 13.6. The Kier molecular flexibility index (Phi) is 4.91. The van der Waals surface area contributed by atoms with Gasteiger partial charge in [0, 0.05) is 16.7 Å². The van der Waals surface area contributed by atoms with Crippen molar-refractivity contribution >= 4 is 23.2 Å². The van der Waals surface area contributed by atoms with Crippen LogP contribution in [0.1, 0.15) is 15.9 Å². The van der Waals surface area contributed by atoms with Crippen LogP contribution in [0.3, 0.4) is 0 Å². The van der Waals surface area contributed by atoms with Crippen LogP contribution >= 0.6 is 11.6 Å². The highest BCUT2D eigenvalue weighted by Crippen LogP contribution is 2.25. The molecule has 0 aliphatic rings. The molecule has 1 aromatic heterocycles. The zero-order valence-corrected chi connectivity index (χ0v) is 15.8. The molecule has 1 heterocycles. The number of anilines is 1. The smallest absolute Gasteiger partial charge is 0.255 e. The molecule has 0 spiro atoms. The Bertz CT molecular complexity index is 1120. The molecule has 4 rings (SSSR count). The fourth-order valence-electron chi connectivity index (χ4n) is 2.67. The van der Waals surface area contributed by atoms with E-state index < -0.39 is 0 Å². The van der Waals surface area contributed by atoms with Crippen LogP contribution in [0.4, 0.5) is 5.69 Å². The lowest BCUT2D eigenvalue weighted by Gasteiger charge is -2.07. The van der Waals surface area contributed by atoms with E-state index in [4.69, 9.17) is 16.0 Å². The van der Waals surface area contributed by atoms with Gasteiger partial charge in [-0.3, -0.25) is 4.79 Å². The van der Waals surface area contributed by atoms with Gasteiger partial charge in [0.05, 0.1) is 10.7 Å². The molecule has 138 valence electrons. The van der Waals surface area contributed by atoms with E-state index >= 15 is 0 Å². The van der Waals surface area contributed by atoms with E-state index in [1.807, 2.05) is 43.3 Å². The van der Waals surface area contributed by atoms with E-state index in [9.17, 15) is 4.79 Å². The first-order valence-corrected chi connectivity index (χ1v) is 9.05. The Morgan fingerprint density at radius 2 is 1.43 bits per heavy atom. The summed E-state index contributed by atoms with van der Waals surface area (Å²) in [6, 6.07) is 21.9. The van der Waals surface area contributed by atoms with Crippen molar-refractivity contribution in [3.63, 3.8) is 0 Å². The number of nitrogens with one attached hydrogen (secondary N) is 1. The maximum atomic E-state index is 12.4. The van der Waals surface area contributed by atoms with E-state index in [1.54, 1.807) is 36.4 Å². The normalized spacial score (nSPS) is 10.6. The van der Waals surface area contributed by atoms with E-state index in [0.29, 0.717) is 28.1 Å². The largest absolute Gasteiger partial charge is 0.416 e. The molecule has 1 N–H and O–H groups in total. The van der Waals surface area contributed by atoms with Gasteiger partial charge in [-0.05, 0) is 55.5 Å². The summed E-state index contributed by atoms with van der Waals surface area (Å²) < 4.78 is 5.77. The first kappa shape index (κ1) is 17.9. The van der Waals surface area contributed by atoms with E-state index in [0.717, 1.165) is 16.7 Å². The molecule has 0 saturated carbocycles. The molecule has 5 nitrogen and oxygen atoms in total. The third kappa shape index (κ3) is 3.80. The number of aryl methyl sites for hydroxylation is 1. The number of aromatic nitrogens is 2. The van der Waals surface area contributed by atoms with E-state index in [2.05, 4.69) is 15.5 Å². The number of benzene rings is 3. The van der Waals surface area contributed by atoms with Crippen LogP contribution in [0.5, 0.6) is 0 Å². The van der Waals surface area contributed by atoms with Crippen LogP contribution in [-0.4, -0.2) is 16.1 Å². The Labute approximate surface area is 167 Å². The predicted octanol–water partition coefficient (Wildman–Crippen LogP) is 5.62. The van der Waals surface area contributed by atoms with Gasteiger partial charge >= 0.3 is 0 Å². The minimum atomic E-state index is -0.245. The molecule has 0 unspecified atom stereocenters. The summed E-state index contributed by atoms with van der Waals surface area (Å²) in [5.74, 6) is 0.606. The van der Waals surface area contributed by atoms with Crippen LogP contribution in [0.25, 0.3) is 22.9 Å². The third-order valence-electron chi connectivity index (χ3n) is 4.24. The summed E-state index contributed by atoms with van der Waals surface area (Å²) >= 11 is 6.08. The lowest BCUT2D eigenvalue weighted by molar-refractivity contribution is 0.102. The molecule has 0 aliphatic carbocycles. The minimum Gasteiger partial charge on any atom is -0.416 e. The third-order valence-corrected chi connectivity index (χ3v) is 4.57.